The molecule has 0 spiro atoms. The van der Waals surface area contributed by atoms with Crippen LogP contribution in [0.3, 0.4) is 0 Å². The molecule has 2 N–H and O–H groups in total. The maximum Gasteiger partial charge on any atom is 0.253 e. The van der Waals surface area contributed by atoms with Crippen LogP contribution in [0.25, 0.3) is 0 Å². The molecule has 1 atom stereocenters. The monoisotopic (exact) mass is 396 g/mol. The smallest absolute Gasteiger partial charge is 0.253 e. The zero-order valence-corrected chi connectivity index (χ0v) is 16.3. The van der Waals surface area contributed by atoms with Crippen LogP contribution in [0.5, 0.6) is 5.75 Å². The number of nitrogens with one attached hydrogen (secondary N) is 2. The molecule has 2 aromatic carbocycles. The summed E-state index contributed by atoms with van der Waals surface area (Å²) >= 11 is 6.08. The van der Waals surface area contributed by atoms with Gasteiger partial charge in [0, 0.05) is 0 Å². The predicted octanol–water partition coefficient (Wildman–Crippen LogP) is 3.14. The van der Waals surface area contributed by atoms with Crippen LogP contribution in [-0.2, 0) is 10.0 Å². The number of benzene rings is 2. The van der Waals surface area contributed by atoms with E-state index in [0.29, 0.717) is 12.4 Å². The number of hydrogen-bond acceptors (Lipinski definition) is 4. The van der Waals surface area contributed by atoms with Gasteiger partial charge in [-0.1, -0.05) is 23.7 Å². The first kappa shape index (κ1) is 20.2. The third-order valence-electron chi connectivity index (χ3n) is 3.78. The zero-order valence-electron chi connectivity index (χ0n) is 14.7. The van der Waals surface area contributed by atoms with E-state index in [1.807, 2.05) is 38.1 Å². The Bertz CT molecular complexity index is 900. The highest BCUT2D eigenvalue weighted by Crippen LogP contribution is 2.23. The third kappa shape index (κ3) is 4.75. The average Bonchev–Trinajstić information content (AvgIpc) is 2.62. The van der Waals surface area contributed by atoms with Gasteiger partial charge in [-0.2, -0.15) is 0 Å². The van der Waals surface area contributed by atoms with Crippen molar-refractivity contribution in [1.82, 2.24) is 10.0 Å². The van der Waals surface area contributed by atoms with Gasteiger partial charge in [0.15, 0.2) is 0 Å². The van der Waals surface area contributed by atoms with Crippen molar-refractivity contribution in [1.29, 1.82) is 0 Å². The summed E-state index contributed by atoms with van der Waals surface area (Å²) in [5.41, 5.74) is 0.954. The van der Waals surface area contributed by atoms with Gasteiger partial charge in [0.25, 0.3) is 5.91 Å². The Balaban J connectivity index is 2.24. The molecule has 1 unspecified atom stereocenters. The van der Waals surface area contributed by atoms with Gasteiger partial charge in [0.2, 0.25) is 10.0 Å². The van der Waals surface area contributed by atoms with E-state index in [2.05, 4.69) is 10.0 Å². The highest BCUT2D eigenvalue weighted by molar-refractivity contribution is 7.89. The predicted molar refractivity (Wildman–Crippen MR) is 101 cm³/mol. The summed E-state index contributed by atoms with van der Waals surface area (Å²) < 4.78 is 31.5. The van der Waals surface area contributed by atoms with Crippen LogP contribution in [0.15, 0.2) is 47.4 Å². The maximum absolute atomic E-state index is 12.6. The summed E-state index contributed by atoms with van der Waals surface area (Å²) in [4.78, 5) is 12.6. The van der Waals surface area contributed by atoms with Crippen molar-refractivity contribution in [3.8, 4) is 5.75 Å². The minimum absolute atomic E-state index is 0.0273. The largest absolute Gasteiger partial charge is 0.494 e. The second kappa shape index (κ2) is 8.53. The van der Waals surface area contributed by atoms with Gasteiger partial charge in [-0.15, -0.1) is 0 Å². The van der Waals surface area contributed by atoms with Crippen LogP contribution in [0.1, 0.15) is 35.8 Å². The number of amides is 1. The molecule has 0 saturated heterocycles. The van der Waals surface area contributed by atoms with Gasteiger partial charge in [-0.3, -0.25) is 4.79 Å². The minimum Gasteiger partial charge on any atom is -0.494 e. The highest BCUT2D eigenvalue weighted by atomic mass is 35.5. The van der Waals surface area contributed by atoms with E-state index in [1.54, 1.807) is 0 Å². The Kier molecular flexibility index (Phi) is 6.63. The molecule has 2 aromatic rings. The van der Waals surface area contributed by atoms with Crippen molar-refractivity contribution in [2.45, 2.75) is 24.8 Å². The summed E-state index contributed by atoms with van der Waals surface area (Å²) in [6.45, 7) is 4.27. The molecule has 0 aromatic heterocycles. The lowest BCUT2D eigenvalue weighted by atomic mass is 10.1. The minimum atomic E-state index is -3.67. The van der Waals surface area contributed by atoms with Crippen LogP contribution in [0.2, 0.25) is 5.02 Å². The summed E-state index contributed by atoms with van der Waals surface area (Å²) in [5, 5.41) is 3.00. The lowest BCUT2D eigenvalue weighted by Crippen LogP contribution is -2.27. The normalized spacial score (nSPS) is 12.5. The molecule has 2 rings (SSSR count). The average molecular weight is 397 g/mol. The van der Waals surface area contributed by atoms with E-state index >= 15 is 0 Å². The first-order valence-electron chi connectivity index (χ1n) is 8.05. The van der Waals surface area contributed by atoms with Crippen LogP contribution >= 0.6 is 11.6 Å². The van der Waals surface area contributed by atoms with Crippen LogP contribution < -0.4 is 14.8 Å². The summed E-state index contributed by atoms with van der Waals surface area (Å²) in [6, 6.07) is 11.1. The molecular formula is C18H21ClN2O4S. The van der Waals surface area contributed by atoms with E-state index in [9.17, 15) is 13.2 Å². The maximum atomic E-state index is 12.6. The fraction of sp³-hybridized carbons (Fsp3) is 0.278. The lowest BCUT2D eigenvalue weighted by Gasteiger charge is -2.16. The van der Waals surface area contributed by atoms with Crippen molar-refractivity contribution in [2.75, 3.05) is 13.7 Å². The summed E-state index contributed by atoms with van der Waals surface area (Å²) in [7, 11) is -2.37. The molecule has 1 amide bonds. The van der Waals surface area contributed by atoms with Gasteiger partial charge in [0.05, 0.1) is 28.1 Å². The molecule has 0 heterocycles. The Morgan fingerprint density at radius 3 is 2.62 bits per heavy atom. The highest BCUT2D eigenvalue weighted by Gasteiger charge is 2.19. The Hall–Kier alpha value is -2.09. The molecule has 0 aliphatic rings. The number of halogens is 1. The third-order valence-corrected chi connectivity index (χ3v) is 5.52. The quantitative estimate of drug-likeness (QED) is 0.753. The number of carbonyl (C=O) groups excluding carboxylic acids is 1. The molecular weight excluding hydrogens is 376 g/mol. The molecule has 0 fully saturated rings. The molecule has 0 aliphatic heterocycles. The first-order chi connectivity index (χ1) is 12.3. The van der Waals surface area contributed by atoms with E-state index in [0.717, 1.165) is 5.56 Å². The molecule has 0 aliphatic carbocycles. The van der Waals surface area contributed by atoms with E-state index in [1.165, 1.54) is 25.2 Å². The van der Waals surface area contributed by atoms with Gasteiger partial charge in [-0.05, 0) is 56.8 Å². The van der Waals surface area contributed by atoms with Gasteiger partial charge in [0.1, 0.15) is 5.75 Å². The number of hydrogen-bond donors (Lipinski definition) is 2. The van der Waals surface area contributed by atoms with Gasteiger partial charge in [-0.25, -0.2) is 13.1 Å². The van der Waals surface area contributed by atoms with E-state index in [4.69, 9.17) is 16.3 Å². The second-order valence-electron chi connectivity index (χ2n) is 5.55. The fourth-order valence-corrected chi connectivity index (χ4v) is 3.32. The molecule has 0 radical (unpaired) electrons. The molecule has 0 saturated carbocycles. The molecule has 6 nitrogen and oxygen atoms in total. The molecule has 8 heteroatoms. The molecule has 26 heavy (non-hydrogen) atoms. The first-order valence-corrected chi connectivity index (χ1v) is 9.91. The second-order valence-corrected chi connectivity index (χ2v) is 7.84. The van der Waals surface area contributed by atoms with Crippen molar-refractivity contribution >= 4 is 27.5 Å². The van der Waals surface area contributed by atoms with Crippen molar-refractivity contribution in [2.24, 2.45) is 0 Å². The van der Waals surface area contributed by atoms with Gasteiger partial charge < -0.3 is 10.1 Å². The van der Waals surface area contributed by atoms with E-state index < -0.39 is 15.9 Å². The number of ether oxygens (including phenoxy) is 1. The standard InChI is InChI=1S/C18H21ClN2O4S/c1-4-25-14-7-5-6-13(10-14)12(2)21-18(22)16-11-15(8-9-17(16)19)26(23,24)20-3/h5-12,20H,4H2,1-3H3,(H,21,22). The summed E-state index contributed by atoms with van der Waals surface area (Å²) in [5.74, 6) is 0.253. The number of rotatable bonds is 7. The Labute approximate surface area is 158 Å². The van der Waals surface area contributed by atoms with Crippen LogP contribution in [-0.4, -0.2) is 28.0 Å². The Morgan fingerprint density at radius 1 is 1.23 bits per heavy atom. The van der Waals surface area contributed by atoms with Crippen molar-refractivity contribution in [3.05, 3.63) is 58.6 Å². The molecule has 0 bridgehead atoms. The Morgan fingerprint density at radius 2 is 1.96 bits per heavy atom. The SMILES string of the molecule is CCOc1cccc(C(C)NC(=O)c2cc(S(=O)(=O)NC)ccc2Cl)c1. The lowest BCUT2D eigenvalue weighted by molar-refractivity contribution is 0.0939. The molecule has 140 valence electrons. The van der Waals surface area contributed by atoms with Crippen molar-refractivity contribution < 1.29 is 17.9 Å². The zero-order chi connectivity index (χ0) is 19.3. The summed E-state index contributed by atoms with van der Waals surface area (Å²) in [6.07, 6.45) is 0. The number of carbonyl (C=O) groups is 1. The topological polar surface area (TPSA) is 84.5 Å². The van der Waals surface area contributed by atoms with E-state index in [-0.39, 0.29) is 21.5 Å². The van der Waals surface area contributed by atoms with Crippen LogP contribution in [0, 0.1) is 0 Å². The van der Waals surface area contributed by atoms with Crippen molar-refractivity contribution in [3.63, 3.8) is 0 Å². The van der Waals surface area contributed by atoms with Crippen LogP contribution in [0.4, 0.5) is 0 Å². The van der Waals surface area contributed by atoms with Gasteiger partial charge >= 0.3 is 0 Å². The fourth-order valence-electron chi connectivity index (χ4n) is 2.36. The number of sulfonamides is 1.